The number of furan rings is 1. The fourth-order valence-electron chi connectivity index (χ4n) is 7.05. The zero-order valence-corrected chi connectivity index (χ0v) is 29.7. The second-order valence-corrected chi connectivity index (χ2v) is 13.8. The molecule has 0 bridgehead atoms. The zero-order chi connectivity index (χ0) is 54.9. The largest absolute Gasteiger partial charge is 0.456 e. The highest BCUT2D eigenvalue weighted by Crippen LogP contribution is 2.44. The normalized spacial score (nSPS) is 16.8. The van der Waals surface area contributed by atoms with Crippen LogP contribution in [-0.2, 0) is 0 Å². The Bertz CT molecular complexity index is 4700. The average Bonchev–Trinajstić information content (AvgIpc) is 4.36. The lowest BCUT2D eigenvalue weighted by atomic mass is 9.99. The molecule has 4 aromatic heterocycles. The van der Waals surface area contributed by atoms with Gasteiger partial charge < -0.3 is 4.42 Å². The van der Waals surface area contributed by atoms with Crippen molar-refractivity contribution < 1.29 is 31.8 Å². The lowest BCUT2D eigenvalue weighted by Crippen LogP contribution is -2.06. The summed E-state index contributed by atoms with van der Waals surface area (Å²) < 4.78 is 190. The molecular weight excluding hydrogens is 717 g/mol. The van der Waals surface area contributed by atoms with Crippen molar-refractivity contribution in [1.82, 2.24) is 19.5 Å². The number of aromatic nitrogens is 4. The highest BCUT2D eigenvalue weighted by atomic mass is 32.1. The van der Waals surface area contributed by atoms with Crippen LogP contribution in [0.4, 0.5) is 0 Å². The molecule has 5 nitrogen and oxygen atoms in total. The van der Waals surface area contributed by atoms with Gasteiger partial charge in [-0.05, 0) is 64.6 Å². The Morgan fingerprint density at radius 3 is 2.02 bits per heavy atom. The highest BCUT2D eigenvalue weighted by Gasteiger charge is 2.22. The Hall–Kier alpha value is -7.41. The molecule has 0 N–H and O–H groups in total. The molecule has 12 rings (SSSR count). The van der Waals surface area contributed by atoms with E-state index in [4.69, 9.17) is 29.5 Å². The molecule has 0 unspecified atom stereocenters. The van der Waals surface area contributed by atoms with Crippen LogP contribution in [0.1, 0.15) is 27.4 Å². The molecule has 57 heavy (non-hydrogen) atoms. The number of thiophene rings is 1. The van der Waals surface area contributed by atoms with Crippen molar-refractivity contribution in [2.45, 2.75) is 0 Å². The van der Waals surface area contributed by atoms with Crippen molar-refractivity contribution >= 4 is 75.3 Å². The smallest absolute Gasteiger partial charge is 0.238 e. The number of fused-ring (bicyclic) bond motifs is 10. The molecule has 8 aromatic carbocycles. The first-order chi connectivity index (χ1) is 36.6. The zero-order valence-electron chi connectivity index (χ0n) is 48.9. The van der Waals surface area contributed by atoms with Crippen molar-refractivity contribution in [2.24, 2.45) is 0 Å². The molecule has 6 heteroatoms. The second-order valence-electron chi connectivity index (χ2n) is 12.8. The van der Waals surface area contributed by atoms with Crippen LogP contribution in [0.25, 0.3) is 115 Å². The van der Waals surface area contributed by atoms with Gasteiger partial charge in [-0.3, -0.25) is 4.57 Å². The van der Waals surface area contributed by atoms with Gasteiger partial charge in [0.1, 0.15) is 11.2 Å². The molecule has 0 aliphatic carbocycles. The van der Waals surface area contributed by atoms with Crippen LogP contribution in [0.5, 0.6) is 0 Å². The van der Waals surface area contributed by atoms with E-state index in [0.29, 0.717) is 11.1 Å². The first-order valence-corrected chi connectivity index (χ1v) is 18.2. The third kappa shape index (κ3) is 5.04. The van der Waals surface area contributed by atoms with Gasteiger partial charge in [-0.25, -0.2) is 4.98 Å². The van der Waals surface area contributed by atoms with Crippen LogP contribution < -0.4 is 0 Å². The molecule has 0 amide bonds. The summed E-state index contributed by atoms with van der Waals surface area (Å²) in [4.78, 5) is 14.1. The standard InChI is InChI=1S/C51H30N4OS/c1-3-13-31(14-4-1)33-17-11-18-34(29-33)49-52-50(35-25-26-40-44(30-35)56-43-23-12-21-36(46(40)43)32-15-5-2-6-16-32)54-51(53-49)55-41-22-9-7-20-39(41)47-42(55)28-27-38-37-19-8-10-24-45(37)57-48(38)47/h1-30H/i7D,8D,9D,10D,11D,12D,17D,18D,19D,20D,21D,22D,23D,24D,25D,26D,27D,28D,29D,30D. The molecule has 0 radical (unpaired) electrons. The summed E-state index contributed by atoms with van der Waals surface area (Å²) in [5.74, 6) is -1.91. The van der Waals surface area contributed by atoms with Crippen LogP contribution in [0.15, 0.2) is 186 Å². The third-order valence-electron chi connectivity index (χ3n) is 9.56. The maximum atomic E-state index is 9.76. The number of rotatable bonds is 5. The van der Waals surface area contributed by atoms with Crippen molar-refractivity contribution in [1.29, 1.82) is 0 Å². The Morgan fingerprint density at radius 2 is 1.18 bits per heavy atom. The molecule has 0 atom stereocenters. The number of hydrogen-bond acceptors (Lipinski definition) is 5. The topological polar surface area (TPSA) is 56.7 Å². The Labute approximate surface area is 358 Å². The minimum absolute atomic E-state index is 0.00601. The maximum Gasteiger partial charge on any atom is 0.238 e. The fraction of sp³-hybridized carbons (Fsp3) is 0. The van der Waals surface area contributed by atoms with E-state index in [1.54, 1.807) is 60.7 Å². The van der Waals surface area contributed by atoms with Crippen molar-refractivity contribution in [3.63, 3.8) is 0 Å². The van der Waals surface area contributed by atoms with E-state index in [1.165, 1.54) is 0 Å². The van der Waals surface area contributed by atoms with Gasteiger partial charge in [0.2, 0.25) is 5.95 Å². The molecule has 12 aromatic rings. The summed E-state index contributed by atoms with van der Waals surface area (Å²) in [6.07, 6.45) is 0. The van der Waals surface area contributed by atoms with Crippen LogP contribution in [0.3, 0.4) is 0 Å². The van der Waals surface area contributed by atoms with Crippen LogP contribution in [0, 0.1) is 0 Å². The van der Waals surface area contributed by atoms with Crippen molar-refractivity contribution in [3.05, 3.63) is 182 Å². The molecular formula is C51H30N4OS. The second kappa shape index (κ2) is 12.6. The summed E-state index contributed by atoms with van der Waals surface area (Å²) in [6, 6.07) is 4.40. The molecule has 0 spiro atoms. The minimum atomic E-state index is -0.767. The van der Waals surface area contributed by atoms with Gasteiger partial charge >= 0.3 is 0 Å². The molecule has 0 fully saturated rings. The predicted octanol–water partition coefficient (Wildman–Crippen LogP) is 13.9. The first kappa shape index (κ1) is 18.0. The van der Waals surface area contributed by atoms with E-state index in [-0.39, 0.29) is 70.0 Å². The summed E-state index contributed by atoms with van der Waals surface area (Å²) >= 11 is 0.803. The minimum Gasteiger partial charge on any atom is -0.456 e. The quantitative estimate of drug-likeness (QED) is 0.175. The number of para-hydroxylation sites is 1. The number of benzene rings is 8. The lowest BCUT2D eigenvalue weighted by Gasteiger charge is -2.12. The Kier molecular flexibility index (Phi) is 3.97. The molecule has 266 valence electrons. The molecule has 0 saturated carbocycles. The molecule has 4 heterocycles. The van der Waals surface area contributed by atoms with Gasteiger partial charge in [0.15, 0.2) is 11.6 Å². The summed E-state index contributed by atoms with van der Waals surface area (Å²) in [6.45, 7) is 0. The van der Waals surface area contributed by atoms with Gasteiger partial charge in [-0.2, -0.15) is 9.97 Å². The predicted molar refractivity (Wildman–Crippen MR) is 236 cm³/mol. The fourth-order valence-corrected chi connectivity index (χ4v) is 8.16. The SMILES string of the molecule is [2H]c1c([2H])c(-c2ccccc2)c([2H])c(-c2nc(-c3c([2H])c([2H])c4c(oc5c([2H])c([2H])c([2H])c(-c6ccccc6)c54)c3[2H])nc(-n3c4c([2H])c([2H])c([2H])c([2H])c4c4c5sc6c([2H])c([2H])c([2H])c([2H])c6c5c([2H])c([2H])c43)n2)c1[2H]. The van der Waals surface area contributed by atoms with Crippen molar-refractivity contribution in [2.75, 3.05) is 0 Å². The average molecular weight is 767 g/mol. The Balaban J connectivity index is 1.28. The van der Waals surface area contributed by atoms with Gasteiger partial charge in [0.25, 0.3) is 0 Å². The van der Waals surface area contributed by atoms with E-state index < -0.39 is 155 Å². The summed E-state index contributed by atoms with van der Waals surface area (Å²) in [5, 5.41) is -0.722. The monoisotopic (exact) mass is 766 g/mol. The van der Waals surface area contributed by atoms with Crippen LogP contribution in [0.2, 0.25) is 0 Å². The van der Waals surface area contributed by atoms with E-state index in [9.17, 15) is 12.3 Å². The highest BCUT2D eigenvalue weighted by molar-refractivity contribution is 7.26. The van der Waals surface area contributed by atoms with Crippen molar-refractivity contribution in [3.8, 4) is 51.0 Å². The molecule has 0 aliphatic rings. The Morgan fingerprint density at radius 1 is 0.474 bits per heavy atom. The summed E-state index contributed by atoms with van der Waals surface area (Å²) in [7, 11) is 0. The number of hydrogen-bond donors (Lipinski definition) is 0. The van der Waals surface area contributed by atoms with Gasteiger partial charge in [-0.1, -0.05) is 139 Å². The van der Waals surface area contributed by atoms with Gasteiger partial charge in [0.05, 0.1) is 38.4 Å². The molecule has 0 saturated heterocycles. The van der Waals surface area contributed by atoms with Crippen LogP contribution in [-0.4, -0.2) is 19.5 Å². The van der Waals surface area contributed by atoms with Crippen LogP contribution >= 0.6 is 11.3 Å². The number of nitrogens with zero attached hydrogens (tertiary/aromatic N) is 4. The lowest BCUT2D eigenvalue weighted by molar-refractivity contribution is 0.669. The van der Waals surface area contributed by atoms with Gasteiger partial charge in [-0.15, -0.1) is 11.3 Å². The van der Waals surface area contributed by atoms with E-state index in [1.807, 2.05) is 0 Å². The maximum absolute atomic E-state index is 9.76. The molecule has 0 aliphatic heterocycles. The summed E-state index contributed by atoms with van der Waals surface area (Å²) in [5.41, 5.74) is -1.73. The third-order valence-corrected chi connectivity index (χ3v) is 10.7. The van der Waals surface area contributed by atoms with Gasteiger partial charge in [0, 0.05) is 52.8 Å². The van der Waals surface area contributed by atoms with E-state index >= 15 is 0 Å². The van der Waals surface area contributed by atoms with E-state index in [0.717, 1.165) is 15.9 Å². The first-order valence-electron chi connectivity index (χ1n) is 27.4. The van der Waals surface area contributed by atoms with E-state index in [2.05, 4.69) is 4.98 Å².